The summed E-state index contributed by atoms with van der Waals surface area (Å²) >= 11 is 0. The van der Waals surface area contributed by atoms with Crippen molar-refractivity contribution in [2.45, 2.75) is 44.2 Å². The van der Waals surface area contributed by atoms with Crippen molar-refractivity contribution < 1.29 is 8.42 Å². The molecule has 3 aromatic rings. The lowest BCUT2D eigenvalue weighted by Gasteiger charge is -2.13. The van der Waals surface area contributed by atoms with Gasteiger partial charge in [-0.15, -0.1) is 0 Å². The highest BCUT2D eigenvalue weighted by Gasteiger charge is 2.15. The van der Waals surface area contributed by atoms with Crippen molar-refractivity contribution in [2.24, 2.45) is 0 Å². The Morgan fingerprint density at radius 1 is 1.07 bits per heavy atom. The van der Waals surface area contributed by atoms with Crippen molar-refractivity contribution in [3.05, 3.63) is 83.9 Å². The predicted molar refractivity (Wildman–Crippen MR) is 107 cm³/mol. The second-order valence-electron chi connectivity index (χ2n) is 6.71. The van der Waals surface area contributed by atoms with Crippen LogP contribution in [0, 0.1) is 0 Å². The zero-order valence-electron chi connectivity index (χ0n) is 15.7. The zero-order chi connectivity index (χ0) is 19.3. The number of nitrogens with zero attached hydrogens (tertiary/aromatic N) is 2. The third-order valence-electron chi connectivity index (χ3n) is 4.85. The van der Waals surface area contributed by atoms with Gasteiger partial charge < -0.3 is 4.57 Å². The highest BCUT2D eigenvalue weighted by Crippen LogP contribution is 2.20. The lowest BCUT2D eigenvalue weighted by atomic mass is 9.99. The molecule has 0 bridgehead atoms. The van der Waals surface area contributed by atoms with Crippen molar-refractivity contribution in [1.29, 1.82) is 0 Å². The second-order valence-corrected chi connectivity index (χ2v) is 8.47. The number of hydrogen-bond acceptors (Lipinski definition) is 3. The summed E-state index contributed by atoms with van der Waals surface area (Å²) in [6, 6.07) is 15.0. The van der Waals surface area contributed by atoms with Gasteiger partial charge in [-0.1, -0.05) is 50.2 Å². The van der Waals surface area contributed by atoms with Crippen molar-refractivity contribution in [1.82, 2.24) is 14.3 Å². The number of nitrogens with one attached hydrogen (secondary N) is 1. The van der Waals surface area contributed by atoms with Crippen LogP contribution in [0.15, 0.2) is 72.1 Å². The molecule has 0 aliphatic carbocycles. The van der Waals surface area contributed by atoms with E-state index >= 15 is 0 Å². The number of aromatic nitrogens is 2. The van der Waals surface area contributed by atoms with Gasteiger partial charge in [-0.2, -0.15) is 0 Å². The Kier molecular flexibility index (Phi) is 6.08. The largest absolute Gasteiger partial charge is 0.333 e. The molecule has 0 fully saturated rings. The van der Waals surface area contributed by atoms with E-state index in [0.717, 1.165) is 23.1 Å². The topological polar surface area (TPSA) is 64.0 Å². The van der Waals surface area contributed by atoms with E-state index in [1.54, 1.807) is 24.7 Å². The van der Waals surface area contributed by atoms with Crippen LogP contribution in [-0.2, 0) is 23.1 Å². The molecule has 0 unspecified atom stereocenters. The lowest BCUT2D eigenvalue weighted by Crippen LogP contribution is -2.24. The molecule has 0 aliphatic heterocycles. The molecule has 0 radical (unpaired) electrons. The molecule has 6 heteroatoms. The fourth-order valence-electron chi connectivity index (χ4n) is 2.93. The van der Waals surface area contributed by atoms with Crippen molar-refractivity contribution in [3.8, 4) is 0 Å². The number of benzene rings is 2. The summed E-state index contributed by atoms with van der Waals surface area (Å²) < 4.78 is 30.0. The third kappa shape index (κ3) is 4.84. The Bertz CT molecular complexity index is 965. The Balaban J connectivity index is 1.72. The van der Waals surface area contributed by atoms with Gasteiger partial charge in [0, 0.05) is 25.5 Å². The second kappa shape index (κ2) is 8.50. The minimum atomic E-state index is -3.56. The molecule has 0 aliphatic rings. The fourth-order valence-corrected chi connectivity index (χ4v) is 3.94. The van der Waals surface area contributed by atoms with Crippen molar-refractivity contribution in [2.75, 3.05) is 0 Å². The number of imidazole rings is 1. The summed E-state index contributed by atoms with van der Waals surface area (Å²) in [5.41, 5.74) is 3.17. The third-order valence-corrected chi connectivity index (χ3v) is 6.27. The molecule has 1 aromatic heterocycles. The first-order valence-electron chi connectivity index (χ1n) is 9.11. The first-order valence-corrected chi connectivity index (χ1v) is 10.6. The highest BCUT2D eigenvalue weighted by atomic mass is 32.2. The molecule has 1 N–H and O–H groups in total. The van der Waals surface area contributed by atoms with Gasteiger partial charge in [0.25, 0.3) is 0 Å². The van der Waals surface area contributed by atoms with E-state index in [1.165, 1.54) is 0 Å². The van der Waals surface area contributed by atoms with E-state index in [-0.39, 0.29) is 6.54 Å². The predicted octanol–water partition coefficient (Wildman–Crippen LogP) is 3.92. The normalized spacial score (nSPS) is 12.8. The number of rotatable bonds is 8. The summed E-state index contributed by atoms with van der Waals surface area (Å²) in [6.07, 6.45) is 6.39. The van der Waals surface area contributed by atoms with Crippen molar-refractivity contribution >= 4 is 10.0 Å². The minimum Gasteiger partial charge on any atom is -0.333 e. The van der Waals surface area contributed by atoms with Crippen LogP contribution in [0.3, 0.4) is 0 Å². The molecule has 27 heavy (non-hydrogen) atoms. The summed E-state index contributed by atoms with van der Waals surface area (Å²) in [5, 5.41) is 0. The van der Waals surface area contributed by atoms with Gasteiger partial charge in [0.05, 0.1) is 11.2 Å². The Morgan fingerprint density at radius 2 is 1.78 bits per heavy atom. The van der Waals surface area contributed by atoms with Crippen LogP contribution < -0.4 is 4.72 Å². The molecule has 1 atom stereocenters. The molecule has 142 valence electrons. The number of hydrogen-bond donors (Lipinski definition) is 1. The van der Waals surface area contributed by atoms with Gasteiger partial charge in [-0.25, -0.2) is 18.1 Å². The Hall–Kier alpha value is -2.44. The van der Waals surface area contributed by atoms with E-state index in [1.807, 2.05) is 47.2 Å². The van der Waals surface area contributed by atoms with E-state index in [9.17, 15) is 8.42 Å². The van der Waals surface area contributed by atoms with Gasteiger partial charge in [0.2, 0.25) is 10.0 Å². The Morgan fingerprint density at radius 3 is 2.41 bits per heavy atom. The lowest BCUT2D eigenvalue weighted by molar-refractivity contribution is 0.580. The number of sulfonamides is 1. The summed E-state index contributed by atoms with van der Waals surface area (Å²) in [4.78, 5) is 4.34. The summed E-state index contributed by atoms with van der Waals surface area (Å²) in [6.45, 7) is 5.17. The highest BCUT2D eigenvalue weighted by molar-refractivity contribution is 7.89. The Labute approximate surface area is 161 Å². The minimum absolute atomic E-state index is 0.250. The first-order chi connectivity index (χ1) is 13.0. The van der Waals surface area contributed by atoms with Gasteiger partial charge in [-0.05, 0) is 41.2 Å². The maximum Gasteiger partial charge on any atom is 0.240 e. The SMILES string of the molecule is CC[C@H](C)c1ccc(S(=O)(=O)NCc2ccccc2Cn2ccnc2)cc1. The maximum absolute atomic E-state index is 12.7. The van der Waals surface area contributed by atoms with Gasteiger partial charge in [0.15, 0.2) is 0 Å². The average molecular weight is 384 g/mol. The first kappa shape index (κ1) is 19.3. The van der Waals surface area contributed by atoms with Crippen LogP contribution in [0.1, 0.15) is 42.9 Å². The van der Waals surface area contributed by atoms with Gasteiger partial charge in [0.1, 0.15) is 0 Å². The molecule has 1 heterocycles. The molecular weight excluding hydrogens is 358 g/mol. The average Bonchev–Trinajstić information content (AvgIpc) is 3.20. The van der Waals surface area contributed by atoms with Crippen LogP contribution in [0.2, 0.25) is 0 Å². The van der Waals surface area contributed by atoms with E-state index in [2.05, 4.69) is 23.6 Å². The van der Waals surface area contributed by atoms with Crippen LogP contribution >= 0.6 is 0 Å². The van der Waals surface area contributed by atoms with Crippen LogP contribution in [-0.4, -0.2) is 18.0 Å². The van der Waals surface area contributed by atoms with Crippen molar-refractivity contribution in [3.63, 3.8) is 0 Å². The monoisotopic (exact) mass is 383 g/mol. The molecule has 3 rings (SSSR count). The molecule has 0 amide bonds. The molecular formula is C21H25N3O2S. The van der Waals surface area contributed by atoms with Gasteiger partial charge >= 0.3 is 0 Å². The molecule has 0 spiro atoms. The molecule has 2 aromatic carbocycles. The quantitative estimate of drug-likeness (QED) is 0.641. The van der Waals surface area contributed by atoms with Crippen LogP contribution in [0.4, 0.5) is 0 Å². The van der Waals surface area contributed by atoms with E-state index in [4.69, 9.17) is 0 Å². The molecule has 0 saturated carbocycles. The maximum atomic E-state index is 12.7. The van der Waals surface area contributed by atoms with E-state index in [0.29, 0.717) is 17.4 Å². The standard InChI is InChI=1S/C21H25N3O2S/c1-3-17(2)18-8-10-21(11-9-18)27(25,26)23-14-19-6-4-5-7-20(19)15-24-13-12-22-16-24/h4-13,16-17,23H,3,14-15H2,1-2H3/t17-/m0/s1. The fraction of sp³-hybridized carbons (Fsp3) is 0.286. The summed E-state index contributed by atoms with van der Waals surface area (Å²) in [7, 11) is -3.56. The zero-order valence-corrected chi connectivity index (χ0v) is 16.5. The smallest absolute Gasteiger partial charge is 0.240 e. The van der Waals surface area contributed by atoms with Gasteiger partial charge in [-0.3, -0.25) is 0 Å². The molecule has 0 saturated heterocycles. The summed E-state index contributed by atoms with van der Waals surface area (Å²) in [5.74, 6) is 0.421. The van der Waals surface area contributed by atoms with Crippen LogP contribution in [0.5, 0.6) is 0 Å². The van der Waals surface area contributed by atoms with E-state index < -0.39 is 10.0 Å². The molecule has 5 nitrogen and oxygen atoms in total. The van der Waals surface area contributed by atoms with Crippen LogP contribution in [0.25, 0.3) is 0 Å².